The predicted octanol–water partition coefficient (Wildman–Crippen LogP) is 4.11. The van der Waals surface area contributed by atoms with Gasteiger partial charge in [-0.3, -0.25) is 18.6 Å². The summed E-state index contributed by atoms with van der Waals surface area (Å²) in [5, 5.41) is 10.9. The third kappa shape index (κ3) is 4.24. The number of hydrogen-bond acceptors (Lipinski definition) is 5. The fraction of sp³-hybridized carbons (Fsp3) is 0.333. The first-order valence-corrected chi connectivity index (χ1v) is 12.7. The second-order valence-electron chi connectivity index (χ2n) is 9.94. The van der Waals surface area contributed by atoms with Crippen molar-refractivity contribution in [3.05, 3.63) is 73.6 Å². The van der Waals surface area contributed by atoms with E-state index in [-0.39, 0.29) is 11.6 Å². The lowest BCUT2D eigenvalue weighted by molar-refractivity contribution is 0.213. The number of H-pyrrole nitrogens is 1. The largest absolute Gasteiger partial charge is 0.399 e. The van der Waals surface area contributed by atoms with E-state index in [1.807, 2.05) is 69.0 Å². The zero-order valence-electron chi connectivity index (χ0n) is 22.2. The Bertz CT molecular complexity index is 1830. The summed E-state index contributed by atoms with van der Waals surface area (Å²) < 4.78 is 6.48. The molecule has 0 bridgehead atoms. The Labute approximate surface area is 223 Å². The number of halogens is 1. The molecular weight excluding hydrogens is 506 g/mol. The highest BCUT2D eigenvalue weighted by Gasteiger charge is 2.25. The van der Waals surface area contributed by atoms with Gasteiger partial charge >= 0.3 is 5.69 Å². The minimum absolute atomic E-state index is 0.173. The summed E-state index contributed by atoms with van der Waals surface area (Å²) >= 11 is 6.30. The summed E-state index contributed by atoms with van der Waals surface area (Å²) in [6.45, 7) is 6.69. The smallest absolute Gasteiger partial charge is 0.332 e. The third-order valence-corrected chi connectivity index (χ3v) is 6.95. The molecule has 10 nitrogen and oxygen atoms in total. The van der Waals surface area contributed by atoms with Gasteiger partial charge in [0.1, 0.15) is 18.2 Å². The molecule has 0 amide bonds. The number of aromatic nitrogens is 6. The molecule has 198 valence electrons. The highest BCUT2D eigenvalue weighted by molar-refractivity contribution is 6.31. The normalized spacial score (nSPS) is 12.4. The number of hydrogen-bond donors (Lipinski definition) is 1. The van der Waals surface area contributed by atoms with Crippen LogP contribution in [0.15, 0.2) is 51.4 Å². The van der Waals surface area contributed by atoms with Crippen LogP contribution in [-0.4, -0.2) is 41.3 Å². The van der Waals surface area contributed by atoms with Crippen molar-refractivity contribution in [3.63, 3.8) is 0 Å². The number of nitrogens with one attached hydrogen (secondary N) is 1. The molecule has 5 aromatic rings. The van der Waals surface area contributed by atoms with Gasteiger partial charge in [-0.25, -0.2) is 4.79 Å². The molecular formula is C27H30ClN7O3. The van der Waals surface area contributed by atoms with Gasteiger partial charge in [-0.2, -0.15) is 5.10 Å². The van der Waals surface area contributed by atoms with Crippen LogP contribution in [-0.2, 0) is 32.0 Å². The van der Waals surface area contributed by atoms with E-state index in [1.165, 1.54) is 14.2 Å². The molecule has 0 aliphatic carbocycles. The molecule has 0 spiro atoms. The number of fused-ring (bicyclic) bond motifs is 2. The van der Waals surface area contributed by atoms with E-state index in [9.17, 15) is 9.59 Å². The number of oxime groups is 1. The van der Waals surface area contributed by atoms with Crippen molar-refractivity contribution in [2.24, 2.45) is 25.2 Å². The SMILES string of the molecule is CON=C(C)c1cc(-c2c3c(=O)n(C)c(=O)n(CC(C)C)c3nn2Cc2c[nH]c3ccc(Cl)cc23)n(C)c1. The highest BCUT2D eigenvalue weighted by Crippen LogP contribution is 2.30. The van der Waals surface area contributed by atoms with Crippen LogP contribution in [0.25, 0.3) is 33.3 Å². The summed E-state index contributed by atoms with van der Waals surface area (Å²) in [6, 6.07) is 7.62. The van der Waals surface area contributed by atoms with Crippen molar-refractivity contribution < 1.29 is 4.84 Å². The lowest BCUT2D eigenvalue weighted by atomic mass is 10.1. The average molecular weight is 536 g/mol. The topological polar surface area (TPSA) is 104 Å². The molecule has 0 unspecified atom stereocenters. The van der Waals surface area contributed by atoms with Gasteiger partial charge in [-0.1, -0.05) is 30.6 Å². The summed E-state index contributed by atoms with van der Waals surface area (Å²) in [5.41, 5.74) is 4.41. The van der Waals surface area contributed by atoms with Gasteiger partial charge in [0.2, 0.25) is 0 Å². The first-order chi connectivity index (χ1) is 18.1. The lowest BCUT2D eigenvalue weighted by Crippen LogP contribution is -2.38. The third-order valence-electron chi connectivity index (χ3n) is 6.72. The molecule has 0 aliphatic rings. The van der Waals surface area contributed by atoms with Crippen molar-refractivity contribution in [3.8, 4) is 11.4 Å². The van der Waals surface area contributed by atoms with Gasteiger partial charge in [0.25, 0.3) is 5.56 Å². The molecule has 4 heterocycles. The molecule has 1 aromatic carbocycles. The maximum Gasteiger partial charge on any atom is 0.332 e. The Hall–Kier alpha value is -4.05. The highest BCUT2D eigenvalue weighted by atomic mass is 35.5. The van der Waals surface area contributed by atoms with Gasteiger partial charge in [-0.05, 0) is 42.7 Å². The Kier molecular flexibility index (Phi) is 6.52. The maximum absolute atomic E-state index is 13.6. The standard InChI is InChI=1S/C27H30ClN7O3/c1-15(2)12-34-25-23(26(36)33(5)27(34)37)24(22-9-17(13-32(22)4)16(3)31-38-6)35(30-25)14-18-11-29-21-8-7-19(28)10-20(18)21/h7-11,13,15,29H,12,14H2,1-6H3. The van der Waals surface area contributed by atoms with Crippen molar-refractivity contribution in [2.75, 3.05) is 7.11 Å². The minimum Gasteiger partial charge on any atom is -0.399 e. The molecule has 5 rings (SSSR count). The Balaban J connectivity index is 1.84. The number of benzene rings is 1. The van der Waals surface area contributed by atoms with E-state index in [4.69, 9.17) is 21.5 Å². The molecule has 0 aliphatic heterocycles. The van der Waals surface area contributed by atoms with Crippen LogP contribution in [0.5, 0.6) is 0 Å². The fourth-order valence-corrected chi connectivity index (χ4v) is 5.07. The number of nitrogens with zero attached hydrogens (tertiary/aromatic N) is 6. The van der Waals surface area contributed by atoms with Crippen LogP contribution in [0.1, 0.15) is 31.9 Å². The second-order valence-corrected chi connectivity index (χ2v) is 10.4. The molecule has 0 saturated carbocycles. The van der Waals surface area contributed by atoms with Crippen LogP contribution in [0.2, 0.25) is 5.02 Å². The molecule has 0 saturated heterocycles. The van der Waals surface area contributed by atoms with E-state index >= 15 is 0 Å². The molecule has 38 heavy (non-hydrogen) atoms. The minimum atomic E-state index is -0.391. The fourth-order valence-electron chi connectivity index (χ4n) is 4.90. The van der Waals surface area contributed by atoms with Crippen molar-refractivity contribution in [2.45, 2.75) is 33.9 Å². The van der Waals surface area contributed by atoms with E-state index in [1.54, 1.807) is 9.25 Å². The number of rotatable bonds is 7. The molecule has 4 aromatic heterocycles. The van der Waals surface area contributed by atoms with Gasteiger partial charge in [0.05, 0.1) is 18.0 Å². The van der Waals surface area contributed by atoms with Crippen LogP contribution in [0.3, 0.4) is 0 Å². The number of aromatic amines is 1. The van der Waals surface area contributed by atoms with Crippen LogP contribution in [0, 0.1) is 5.92 Å². The first kappa shape index (κ1) is 25.6. The van der Waals surface area contributed by atoms with E-state index in [0.717, 1.165) is 32.3 Å². The van der Waals surface area contributed by atoms with Crippen LogP contribution in [0.4, 0.5) is 0 Å². The number of aryl methyl sites for hydroxylation is 1. The van der Waals surface area contributed by atoms with E-state index < -0.39 is 5.56 Å². The van der Waals surface area contributed by atoms with Gasteiger partial charge in [-0.15, -0.1) is 0 Å². The van der Waals surface area contributed by atoms with Crippen molar-refractivity contribution in [1.82, 2.24) is 28.5 Å². The van der Waals surface area contributed by atoms with Gasteiger partial charge in [0.15, 0.2) is 5.65 Å². The van der Waals surface area contributed by atoms with Crippen LogP contribution < -0.4 is 11.2 Å². The predicted molar refractivity (Wildman–Crippen MR) is 150 cm³/mol. The molecule has 11 heteroatoms. The van der Waals surface area contributed by atoms with Crippen molar-refractivity contribution in [1.29, 1.82) is 0 Å². The van der Waals surface area contributed by atoms with E-state index in [2.05, 4.69) is 10.1 Å². The van der Waals surface area contributed by atoms with Crippen molar-refractivity contribution >= 4 is 39.2 Å². The molecule has 0 fully saturated rings. The Morgan fingerprint density at radius 1 is 1.21 bits per heavy atom. The maximum atomic E-state index is 13.6. The lowest BCUT2D eigenvalue weighted by Gasteiger charge is -2.11. The average Bonchev–Trinajstić information content (AvgIpc) is 3.56. The summed E-state index contributed by atoms with van der Waals surface area (Å²) in [6.07, 6.45) is 3.85. The first-order valence-electron chi connectivity index (χ1n) is 12.3. The Morgan fingerprint density at radius 3 is 2.68 bits per heavy atom. The molecule has 0 radical (unpaired) electrons. The summed E-state index contributed by atoms with van der Waals surface area (Å²) in [5.74, 6) is 0.173. The van der Waals surface area contributed by atoms with Crippen LogP contribution >= 0.6 is 11.6 Å². The van der Waals surface area contributed by atoms with E-state index in [0.29, 0.717) is 40.6 Å². The molecule has 0 atom stereocenters. The zero-order chi connectivity index (χ0) is 27.3. The van der Waals surface area contributed by atoms with Gasteiger partial charge < -0.3 is 14.4 Å². The quantitative estimate of drug-likeness (QED) is 0.250. The summed E-state index contributed by atoms with van der Waals surface area (Å²) in [4.78, 5) is 35.1. The zero-order valence-corrected chi connectivity index (χ0v) is 23.0. The Morgan fingerprint density at radius 2 is 1.97 bits per heavy atom. The van der Waals surface area contributed by atoms with Gasteiger partial charge in [0, 0.05) is 54.5 Å². The second kappa shape index (κ2) is 9.68. The summed E-state index contributed by atoms with van der Waals surface area (Å²) in [7, 11) is 4.92. The monoisotopic (exact) mass is 535 g/mol. The molecule has 1 N–H and O–H groups in total.